The summed E-state index contributed by atoms with van der Waals surface area (Å²) in [5, 5.41) is 5.28. The van der Waals surface area contributed by atoms with E-state index < -0.39 is 0 Å². The van der Waals surface area contributed by atoms with Crippen LogP contribution in [0.1, 0.15) is 37.1 Å². The first kappa shape index (κ1) is 12.8. The van der Waals surface area contributed by atoms with Crippen molar-refractivity contribution < 1.29 is 0 Å². The Morgan fingerprint density at radius 2 is 2.15 bits per heavy atom. The standard InChI is InChI=1S/C17H22N2S/c1-12(17-11-13-5-2-3-7-16(13)20-17)18-14-8-10-19-9-4-6-15(14)19/h2-3,5,7,11-12,14-15,18H,4,6,8-10H2,1H3. The summed E-state index contributed by atoms with van der Waals surface area (Å²) in [6.07, 6.45) is 4.09. The average Bonchev–Trinajstić information content (AvgIpc) is 3.13. The lowest BCUT2D eigenvalue weighted by Gasteiger charge is -2.24. The molecule has 3 heteroatoms. The van der Waals surface area contributed by atoms with E-state index >= 15 is 0 Å². The highest BCUT2D eigenvalue weighted by Gasteiger charge is 2.37. The molecule has 2 aromatic rings. The monoisotopic (exact) mass is 286 g/mol. The van der Waals surface area contributed by atoms with Crippen LogP contribution in [0.2, 0.25) is 0 Å². The van der Waals surface area contributed by atoms with Gasteiger partial charge in [-0.3, -0.25) is 4.90 Å². The van der Waals surface area contributed by atoms with Crippen LogP contribution in [0.15, 0.2) is 30.3 Å². The number of hydrogen-bond acceptors (Lipinski definition) is 3. The minimum absolute atomic E-state index is 0.470. The Balaban J connectivity index is 1.51. The second kappa shape index (κ2) is 5.14. The van der Waals surface area contributed by atoms with Crippen LogP contribution < -0.4 is 5.32 Å². The number of nitrogens with one attached hydrogen (secondary N) is 1. The van der Waals surface area contributed by atoms with Gasteiger partial charge in [0.05, 0.1) is 0 Å². The van der Waals surface area contributed by atoms with E-state index in [0.717, 1.165) is 6.04 Å². The first-order valence-electron chi connectivity index (χ1n) is 7.80. The molecule has 3 unspecified atom stereocenters. The van der Waals surface area contributed by atoms with Gasteiger partial charge in [0.2, 0.25) is 0 Å². The maximum Gasteiger partial charge on any atom is 0.0389 e. The van der Waals surface area contributed by atoms with Crippen LogP contribution >= 0.6 is 11.3 Å². The molecule has 0 aliphatic carbocycles. The fourth-order valence-electron chi connectivity index (χ4n) is 3.90. The first-order chi connectivity index (χ1) is 9.81. The highest BCUT2D eigenvalue weighted by molar-refractivity contribution is 7.19. The van der Waals surface area contributed by atoms with Crippen LogP contribution in [0.5, 0.6) is 0 Å². The maximum absolute atomic E-state index is 3.90. The Morgan fingerprint density at radius 3 is 3.05 bits per heavy atom. The Hall–Kier alpha value is -0.900. The van der Waals surface area contributed by atoms with E-state index in [1.54, 1.807) is 0 Å². The molecule has 106 valence electrons. The van der Waals surface area contributed by atoms with Gasteiger partial charge in [-0.15, -0.1) is 11.3 Å². The Kier molecular flexibility index (Phi) is 3.29. The second-order valence-electron chi connectivity index (χ2n) is 6.22. The Bertz CT molecular complexity index is 573. The Morgan fingerprint density at radius 1 is 1.25 bits per heavy atom. The molecule has 1 N–H and O–H groups in total. The molecule has 0 saturated carbocycles. The second-order valence-corrected chi connectivity index (χ2v) is 7.33. The zero-order valence-corrected chi connectivity index (χ0v) is 12.8. The molecule has 0 bridgehead atoms. The van der Waals surface area contributed by atoms with Crippen molar-refractivity contribution in [1.29, 1.82) is 0 Å². The molecule has 2 fully saturated rings. The highest BCUT2D eigenvalue weighted by Crippen LogP contribution is 2.33. The van der Waals surface area contributed by atoms with Crippen molar-refractivity contribution in [2.45, 2.75) is 44.3 Å². The molecular weight excluding hydrogens is 264 g/mol. The van der Waals surface area contributed by atoms with Crippen molar-refractivity contribution in [2.24, 2.45) is 0 Å². The first-order valence-corrected chi connectivity index (χ1v) is 8.61. The maximum atomic E-state index is 3.90. The van der Waals surface area contributed by atoms with E-state index in [4.69, 9.17) is 0 Å². The molecule has 2 aliphatic heterocycles. The predicted molar refractivity (Wildman–Crippen MR) is 86.4 cm³/mol. The van der Waals surface area contributed by atoms with Crippen LogP contribution in [-0.4, -0.2) is 30.1 Å². The summed E-state index contributed by atoms with van der Waals surface area (Å²) >= 11 is 1.94. The third-order valence-corrected chi connectivity index (χ3v) is 6.24. The molecule has 0 radical (unpaired) electrons. The summed E-state index contributed by atoms with van der Waals surface area (Å²) < 4.78 is 1.41. The van der Waals surface area contributed by atoms with E-state index in [0.29, 0.717) is 12.1 Å². The van der Waals surface area contributed by atoms with Gasteiger partial charge in [-0.05, 0) is 50.2 Å². The van der Waals surface area contributed by atoms with Crippen molar-refractivity contribution in [3.8, 4) is 0 Å². The van der Waals surface area contributed by atoms with Crippen molar-refractivity contribution in [2.75, 3.05) is 13.1 Å². The molecule has 2 nitrogen and oxygen atoms in total. The number of thiophene rings is 1. The quantitative estimate of drug-likeness (QED) is 0.923. The van der Waals surface area contributed by atoms with Crippen molar-refractivity contribution in [3.05, 3.63) is 35.2 Å². The molecule has 4 rings (SSSR count). The number of fused-ring (bicyclic) bond motifs is 2. The molecule has 2 saturated heterocycles. The molecule has 3 heterocycles. The van der Waals surface area contributed by atoms with E-state index in [1.807, 2.05) is 11.3 Å². The van der Waals surface area contributed by atoms with Crippen LogP contribution in [0.25, 0.3) is 10.1 Å². The SMILES string of the molecule is CC(NC1CCN2CCCC12)c1cc2ccccc2s1. The third-order valence-electron chi connectivity index (χ3n) is 4.94. The fraction of sp³-hybridized carbons (Fsp3) is 0.529. The van der Waals surface area contributed by atoms with Crippen LogP contribution in [0.4, 0.5) is 0 Å². The number of benzene rings is 1. The van der Waals surface area contributed by atoms with Gasteiger partial charge in [0.1, 0.15) is 0 Å². The molecular formula is C17H22N2S. The molecule has 0 spiro atoms. The van der Waals surface area contributed by atoms with Gasteiger partial charge in [0.15, 0.2) is 0 Å². The fourth-order valence-corrected chi connectivity index (χ4v) is 4.97. The van der Waals surface area contributed by atoms with Gasteiger partial charge in [-0.25, -0.2) is 0 Å². The smallest absolute Gasteiger partial charge is 0.0389 e. The van der Waals surface area contributed by atoms with Crippen LogP contribution in [0.3, 0.4) is 0 Å². The molecule has 1 aromatic heterocycles. The number of nitrogens with zero attached hydrogens (tertiary/aromatic N) is 1. The lowest BCUT2D eigenvalue weighted by molar-refractivity contribution is 0.292. The lowest BCUT2D eigenvalue weighted by atomic mass is 10.1. The molecule has 0 amide bonds. The van der Waals surface area contributed by atoms with Crippen molar-refractivity contribution in [1.82, 2.24) is 10.2 Å². The summed E-state index contributed by atoms with van der Waals surface area (Å²) in [4.78, 5) is 4.15. The molecule has 20 heavy (non-hydrogen) atoms. The summed E-state index contributed by atoms with van der Waals surface area (Å²) in [6.45, 7) is 4.93. The van der Waals surface area contributed by atoms with Gasteiger partial charge >= 0.3 is 0 Å². The zero-order valence-electron chi connectivity index (χ0n) is 12.0. The lowest BCUT2D eigenvalue weighted by Crippen LogP contribution is -2.40. The summed E-state index contributed by atoms with van der Waals surface area (Å²) in [5.41, 5.74) is 0. The summed E-state index contributed by atoms with van der Waals surface area (Å²) in [5.74, 6) is 0. The van der Waals surface area contributed by atoms with Gasteiger partial charge in [0, 0.05) is 34.2 Å². The van der Waals surface area contributed by atoms with E-state index in [1.165, 1.54) is 47.3 Å². The minimum atomic E-state index is 0.470. The zero-order chi connectivity index (χ0) is 13.5. The normalized spacial score (nSPS) is 28.1. The average molecular weight is 286 g/mol. The van der Waals surface area contributed by atoms with Crippen LogP contribution in [0, 0.1) is 0 Å². The summed E-state index contributed by atoms with van der Waals surface area (Å²) in [6, 6.07) is 13.0. The van der Waals surface area contributed by atoms with E-state index in [9.17, 15) is 0 Å². The van der Waals surface area contributed by atoms with E-state index in [-0.39, 0.29) is 0 Å². The van der Waals surface area contributed by atoms with Crippen molar-refractivity contribution in [3.63, 3.8) is 0 Å². The largest absolute Gasteiger partial charge is 0.305 e. The topological polar surface area (TPSA) is 15.3 Å². The number of rotatable bonds is 3. The van der Waals surface area contributed by atoms with Gasteiger partial charge in [0.25, 0.3) is 0 Å². The van der Waals surface area contributed by atoms with Crippen molar-refractivity contribution >= 4 is 21.4 Å². The van der Waals surface area contributed by atoms with Gasteiger partial charge < -0.3 is 5.32 Å². The third kappa shape index (κ3) is 2.18. The molecule has 3 atom stereocenters. The Labute approximate surface area is 124 Å². The van der Waals surface area contributed by atoms with E-state index in [2.05, 4.69) is 47.5 Å². The van der Waals surface area contributed by atoms with Gasteiger partial charge in [-0.1, -0.05) is 18.2 Å². The minimum Gasteiger partial charge on any atom is -0.305 e. The summed E-state index contributed by atoms with van der Waals surface area (Å²) in [7, 11) is 0. The number of hydrogen-bond donors (Lipinski definition) is 1. The van der Waals surface area contributed by atoms with Crippen LogP contribution in [-0.2, 0) is 0 Å². The van der Waals surface area contributed by atoms with Gasteiger partial charge in [-0.2, -0.15) is 0 Å². The predicted octanol–water partition coefficient (Wildman–Crippen LogP) is 3.79. The molecule has 1 aromatic carbocycles. The molecule has 2 aliphatic rings. The highest BCUT2D eigenvalue weighted by atomic mass is 32.1.